The molecule has 0 radical (unpaired) electrons. The average molecular weight is 236 g/mol. The molecule has 1 fully saturated rings. The van der Waals surface area contributed by atoms with Gasteiger partial charge < -0.3 is 10.2 Å². The van der Waals surface area contributed by atoms with Crippen LogP contribution in [0.1, 0.15) is 35.6 Å². The number of hydrogen-bond donors (Lipinski definition) is 2. The van der Waals surface area contributed by atoms with Gasteiger partial charge in [-0.15, -0.1) is 0 Å². The number of aromatic nitrogens is 2. The van der Waals surface area contributed by atoms with E-state index >= 15 is 0 Å². The highest BCUT2D eigenvalue weighted by molar-refractivity contribution is 5.96. The third kappa shape index (κ3) is 2.20. The van der Waals surface area contributed by atoms with Crippen molar-refractivity contribution in [3.05, 3.63) is 17.0 Å². The van der Waals surface area contributed by atoms with Crippen LogP contribution in [-0.2, 0) is 0 Å². The lowest BCUT2D eigenvalue weighted by Gasteiger charge is -2.37. The standard InChI is InChI=1S/C12H20N4O/c1-7-6-16(8(2)5-13-7)12(17)11-9(3)14-15-10(11)4/h7-8,13H,5-6H2,1-4H3,(H,14,15). The molecule has 0 aliphatic carbocycles. The lowest BCUT2D eigenvalue weighted by molar-refractivity contribution is 0.0615. The third-order valence-electron chi connectivity index (χ3n) is 3.37. The van der Waals surface area contributed by atoms with Crippen molar-refractivity contribution in [1.82, 2.24) is 20.4 Å². The molecule has 2 unspecified atom stereocenters. The number of carbonyl (C=O) groups excluding carboxylic acids is 1. The van der Waals surface area contributed by atoms with E-state index in [-0.39, 0.29) is 11.9 Å². The summed E-state index contributed by atoms with van der Waals surface area (Å²) < 4.78 is 0. The zero-order valence-corrected chi connectivity index (χ0v) is 10.9. The van der Waals surface area contributed by atoms with Gasteiger partial charge in [-0.3, -0.25) is 9.89 Å². The molecule has 1 aromatic rings. The fourth-order valence-electron chi connectivity index (χ4n) is 2.31. The molecule has 0 saturated carbocycles. The van der Waals surface area contributed by atoms with E-state index in [4.69, 9.17) is 0 Å². The first-order chi connectivity index (χ1) is 8.00. The zero-order chi connectivity index (χ0) is 12.6. The second-order valence-corrected chi connectivity index (χ2v) is 4.92. The Kier molecular flexibility index (Phi) is 3.19. The largest absolute Gasteiger partial charge is 0.333 e. The Balaban J connectivity index is 2.25. The van der Waals surface area contributed by atoms with Crippen LogP contribution in [0.25, 0.3) is 0 Å². The summed E-state index contributed by atoms with van der Waals surface area (Å²) in [6.07, 6.45) is 0. The van der Waals surface area contributed by atoms with Crippen LogP contribution in [0.4, 0.5) is 0 Å². The topological polar surface area (TPSA) is 61.0 Å². The number of amides is 1. The smallest absolute Gasteiger partial charge is 0.257 e. The first kappa shape index (κ1) is 12.1. The molecular weight excluding hydrogens is 216 g/mol. The molecule has 5 heteroatoms. The monoisotopic (exact) mass is 236 g/mol. The number of H-pyrrole nitrogens is 1. The molecule has 1 aliphatic rings. The maximum atomic E-state index is 12.5. The molecule has 1 aliphatic heterocycles. The minimum atomic E-state index is 0.0922. The third-order valence-corrected chi connectivity index (χ3v) is 3.37. The zero-order valence-electron chi connectivity index (χ0n) is 10.9. The van der Waals surface area contributed by atoms with Gasteiger partial charge in [-0.25, -0.2) is 0 Å². The highest BCUT2D eigenvalue weighted by Crippen LogP contribution is 2.16. The number of rotatable bonds is 1. The van der Waals surface area contributed by atoms with Crippen LogP contribution in [0.15, 0.2) is 0 Å². The highest BCUT2D eigenvalue weighted by Gasteiger charge is 2.29. The minimum Gasteiger partial charge on any atom is -0.333 e. The van der Waals surface area contributed by atoms with Gasteiger partial charge in [-0.1, -0.05) is 0 Å². The quantitative estimate of drug-likeness (QED) is 0.760. The van der Waals surface area contributed by atoms with Crippen LogP contribution < -0.4 is 5.32 Å². The molecule has 0 spiro atoms. The number of piperazine rings is 1. The molecule has 1 aromatic heterocycles. The van der Waals surface area contributed by atoms with Gasteiger partial charge in [0.25, 0.3) is 5.91 Å². The van der Waals surface area contributed by atoms with Gasteiger partial charge in [-0.2, -0.15) is 5.10 Å². The number of nitrogens with zero attached hydrogens (tertiary/aromatic N) is 2. The number of nitrogens with one attached hydrogen (secondary N) is 2. The van der Waals surface area contributed by atoms with E-state index in [0.29, 0.717) is 6.04 Å². The molecule has 1 saturated heterocycles. The van der Waals surface area contributed by atoms with E-state index in [1.54, 1.807) is 0 Å². The Labute approximate surface area is 102 Å². The van der Waals surface area contributed by atoms with Gasteiger partial charge >= 0.3 is 0 Å². The van der Waals surface area contributed by atoms with Crippen molar-refractivity contribution in [1.29, 1.82) is 0 Å². The van der Waals surface area contributed by atoms with Gasteiger partial charge in [0.2, 0.25) is 0 Å². The van der Waals surface area contributed by atoms with Crippen molar-refractivity contribution >= 4 is 5.91 Å². The van der Waals surface area contributed by atoms with Crippen LogP contribution in [0.2, 0.25) is 0 Å². The van der Waals surface area contributed by atoms with E-state index in [9.17, 15) is 4.79 Å². The Bertz CT molecular complexity index is 407. The van der Waals surface area contributed by atoms with E-state index in [1.165, 1.54) is 0 Å². The Morgan fingerprint density at radius 2 is 2.12 bits per heavy atom. The second kappa shape index (κ2) is 4.49. The van der Waals surface area contributed by atoms with Gasteiger partial charge in [0.1, 0.15) is 0 Å². The number of aryl methyl sites for hydroxylation is 2. The normalized spacial score (nSPS) is 25.1. The fourth-order valence-corrected chi connectivity index (χ4v) is 2.31. The van der Waals surface area contributed by atoms with E-state index in [2.05, 4.69) is 29.4 Å². The summed E-state index contributed by atoms with van der Waals surface area (Å²) in [5, 5.41) is 10.3. The van der Waals surface area contributed by atoms with Crippen molar-refractivity contribution in [3.63, 3.8) is 0 Å². The van der Waals surface area contributed by atoms with E-state index in [1.807, 2.05) is 18.7 Å². The summed E-state index contributed by atoms with van der Waals surface area (Å²) in [6, 6.07) is 0.579. The number of carbonyl (C=O) groups is 1. The fraction of sp³-hybridized carbons (Fsp3) is 0.667. The molecule has 5 nitrogen and oxygen atoms in total. The SMILES string of the molecule is Cc1n[nH]c(C)c1C(=O)N1CC(C)NCC1C. The Morgan fingerprint density at radius 3 is 2.71 bits per heavy atom. The summed E-state index contributed by atoms with van der Waals surface area (Å²) >= 11 is 0. The molecule has 0 aromatic carbocycles. The second-order valence-electron chi connectivity index (χ2n) is 4.92. The van der Waals surface area contributed by atoms with Crippen LogP contribution in [0, 0.1) is 13.8 Å². The summed E-state index contributed by atoms with van der Waals surface area (Å²) in [6.45, 7) is 9.53. The Hall–Kier alpha value is -1.36. The molecule has 2 heterocycles. The first-order valence-corrected chi connectivity index (χ1v) is 6.06. The average Bonchev–Trinajstić information content (AvgIpc) is 2.61. The molecular formula is C12H20N4O. The van der Waals surface area contributed by atoms with Crippen molar-refractivity contribution in [2.75, 3.05) is 13.1 Å². The molecule has 2 atom stereocenters. The van der Waals surface area contributed by atoms with Crippen molar-refractivity contribution < 1.29 is 4.79 Å². The number of hydrogen-bond acceptors (Lipinski definition) is 3. The van der Waals surface area contributed by atoms with Crippen LogP contribution in [0.3, 0.4) is 0 Å². The lowest BCUT2D eigenvalue weighted by atomic mass is 10.1. The summed E-state index contributed by atoms with van der Waals surface area (Å²) in [5.74, 6) is 0.0922. The van der Waals surface area contributed by atoms with Crippen molar-refractivity contribution in [3.8, 4) is 0 Å². The predicted molar refractivity (Wildman–Crippen MR) is 66.0 cm³/mol. The van der Waals surface area contributed by atoms with Gasteiger partial charge in [-0.05, 0) is 27.7 Å². The van der Waals surface area contributed by atoms with E-state index in [0.717, 1.165) is 30.0 Å². The maximum Gasteiger partial charge on any atom is 0.257 e. The van der Waals surface area contributed by atoms with Crippen LogP contribution in [0.5, 0.6) is 0 Å². The molecule has 0 bridgehead atoms. The van der Waals surface area contributed by atoms with Gasteiger partial charge in [0.05, 0.1) is 11.3 Å². The van der Waals surface area contributed by atoms with Crippen LogP contribution >= 0.6 is 0 Å². The van der Waals surface area contributed by atoms with Gasteiger partial charge in [0.15, 0.2) is 0 Å². The van der Waals surface area contributed by atoms with Crippen molar-refractivity contribution in [2.24, 2.45) is 0 Å². The predicted octanol–water partition coefficient (Wildman–Crippen LogP) is 0.849. The Morgan fingerprint density at radius 1 is 1.41 bits per heavy atom. The summed E-state index contributed by atoms with van der Waals surface area (Å²) in [4.78, 5) is 14.4. The van der Waals surface area contributed by atoms with Crippen LogP contribution in [-0.4, -0.2) is 46.2 Å². The lowest BCUT2D eigenvalue weighted by Crippen LogP contribution is -2.56. The molecule has 2 rings (SSSR count). The molecule has 94 valence electrons. The molecule has 17 heavy (non-hydrogen) atoms. The first-order valence-electron chi connectivity index (χ1n) is 6.06. The van der Waals surface area contributed by atoms with Crippen molar-refractivity contribution in [2.45, 2.75) is 39.8 Å². The minimum absolute atomic E-state index is 0.0922. The van der Waals surface area contributed by atoms with Gasteiger partial charge in [0, 0.05) is 30.9 Å². The van der Waals surface area contributed by atoms with E-state index < -0.39 is 0 Å². The number of aromatic amines is 1. The highest BCUT2D eigenvalue weighted by atomic mass is 16.2. The molecule has 1 amide bonds. The summed E-state index contributed by atoms with van der Waals surface area (Å²) in [7, 11) is 0. The maximum absolute atomic E-state index is 12.5. The summed E-state index contributed by atoms with van der Waals surface area (Å²) in [5.41, 5.74) is 2.36. The molecule has 2 N–H and O–H groups in total.